The minimum absolute atomic E-state index is 0.103. The highest BCUT2D eigenvalue weighted by Crippen LogP contribution is 2.44. The standard InChI is InChI=1S/C14H18ClN3/c1-18-11-6-4-5-10(12(11)13(15)17-18)14(9-16)7-2-3-8-14/h4-6H,2-3,7-9,16H2,1H3. The summed E-state index contributed by atoms with van der Waals surface area (Å²) in [7, 11) is 1.93. The number of hydrogen-bond donors (Lipinski definition) is 1. The Morgan fingerprint density at radius 1 is 1.39 bits per heavy atom. The molecule has 1 aromatic carbocycles. The Labute approximate surface area is 112 Å². The van der Waals surface area contributed by atoms with Gasteiger partial charge in [-0.3, -0.25) is 4.68 Å². The topological polar surface area (TPSA) is 43.8 Å². The maximum Gasteiger partial charge on any atom is 0.159 e. The molecule has 0 bridgehead atoms. The lowest BCUT2D eigenvalue weighted by Gasteiger charge is -2.28. The number of halogens is 1. The lowest BCUT2D eigenvalue weighted by atomic mass is 9.77. The van der Waals surface area contributed by atoms with Gasteiger partial charge in [0.15, 0.2) is 5.15 Å². The van der Waals surface area contributed by atoms with Crippen LogP contribution >= 0.6 is 11.6 Å². The number of aryl methyl sites for hydroxylation is 1. The van der Waals surface area contributed by atoms with Crippen LogP contribution < -0.4 is 5.73 Å². The number of nitrogens with two attached hydrogens (primary N) is 1. The summed E-state index contributed by atoms with van der Waals surface area (Å²) in [5.74, 6) is 0. The van der Waals surface area contributed by atoms with Crippen molar-refractivity contribution in [3.63, 3.8) is 0 Å². The molecule has 2 aromatic rings. The molecule has 0 amide bonds. The molecule has 1 aliphatic carbocycles. The molecule has 1 heterocycles. The summed E-state index contributed by atoms with van der Waals surface area (Å²) >= 11 is 6.31. The van der Waals surface area contributed by atoms with Gasteiger partial charge in [0.1, 0.15) is 0 Å². The predicted molar refractivity (Wildman–Crippen MR) is 74.9 cm³/mol. The first-order valence-corrected chi connectivity index (χ1v) is 6.87. The van der Waals surface area contributed by atoms with E-state index in [4.69, 9.17) is 17.3 Å². The van der Waals surface area contributed by atoms with Crippen molar-refractivity contribution in [2.24, 2.45) is 12.8 Å². The van der Waals surface area contributed by atoms with Crippen molar-refractivity contribution >= 4 is 22.5 Å². The molecule has 4 heteroatoms. The third-order valence-electron chi connectivity index (χ3n) is 4.36. The first-order valence-electron chi connectivity index (χ1n) is 6.50. The highest BCUT2D eigenvalue weighted by atomic mass is 35.5. The molecule has 1 fully saturated rings. The maximum atomic E-state index is 6.31. The van der Waals surface area contributed by atoms with Crippen molar-refractivity contribution in [3.05, 3.63) is 28.9 Å². The summed E-state index contributed by atoms with van der Waals surface area (Å²) in [4.78, 5) is 0. The van der Waals surface area contributed by atoms with Gasteiger partial charge in [0, 0.05) is 24.4 Å². The van der Waals surface area contributed by atoms with Crippen LogP contribution in [-0.4, -0.2) is 16.3 Å². The largest absolute Gasteiger partial charge is 0.330 e. The van der Waals surface area contributed by atoms with Gasteiger partial charge in [-0.05, 0) is 24.5 Å². The molecule has 1 aliphatic rings. The molecule has 3 rings (SSSR count). The van der Waals surface area contributed by atoms with Crippen LogP contribution in [0.15, 0.2) is 18.2 Å². The Hall–Kier alpha value is -1.06. The molecule has 3 nitrogen and oxygen atoms in total. The van der Waals surface area contributed by atoms with Crippen LogP contribution in [0.5, 0.6) is 0 Å². The zero-order chi connectivity index (χ0) is 12.8. The van der Waals surface area contributed by atoms with Crippen LogP contribution in [0.4, 0.5) is 0 Å². The van der Waals surface area contributed by atoms with E-state index in [1.54, 1.807) is 0 Å². The number of benzene rings is 1. The number of aromatic nitrogens is 2. The Morgan fingerprint density at radius 3 is 2.78 bits per heavy atom. The van der Waals surface area contributed by atoms with Crippen LogP contribution in [0.1, 0.15) is 31.2 Å². The molecule has 1 saturated carbocycles. The smallest absolute Gasteiger partial charge is 0.159 e. The first kappa shape index (κ1) is 12.0. The number of hydrogen-bond acceptors (Lipinski definition) is 2. The Kier molecular flexibility index (Phi) is 2.83. The third-order valence-corrected chi connectivity index (χ3v) is 4.62. The van der Waals surface area contributed by atoms with E-state index in [9.17, 15) is 0 Å². The lowest BCUT2D eigenvalue weighted by molar-refractivity contribution is 0.457. The lowest BCUT2D eigenvalue weighted by Crippen LogP contribution is -2.32. The second-order valence-corrected chi connectivity index (χ2v) is 5.66. The Bertz CT molecular complexity index is 582. The molecule has 0 atom stereocenters. The molecule has 96 valence electrons. The van der Waals surface area contributed by atoms with Gasteiger partial charge in [0.05, 0.1) is 5.52 Å². The van der Waals surface area contributed by atoms with Crippen molar-refractivity contribution in [1.29, 1.82) is 0 Å². The summed E-state index contributed by atoms with van der Waals surface area (Å²) in [6, 6.07) is 6.33. The van der Waals surface area contributed by atoms with Crippen molar-refractivity contribution < 1.29 is 0 Å². The molecule has 0 saturated heterocycles. The minimum atomic E-state index is 0.103. The molecule has 0 unspecified atom stereocenters. The Balaban J connectivity index is 2.28. The molecule has 0 radical (unpaired) electrons. The minimum Gasteiger partial charge on any atom is -0.330 e. The van der Waals surface area contributed by atoms with E-state index in [0.717, 1.165) is 23.7 Å². The zero-order valence-electron chi connectivity index (χ0n) is 10.6. The van der Waals surface area contributed by atoms with Crippen LogP contribution in [0.2, 0.25) is 5.15 Å². The van der Waals surface area contributed by atoms with Gasteiger partial charge in [0.2, 0.25) is 0 Å². The van der Waals surface area contributed by atoms with Crippen molar-refractivity contribution in [1.82, 2.24) is 9.78 Å². The molecule has 0 spiro atoms. The fraction of sp³-hybridized carbons (Fsp3) is 0.500. The number of fused-ring (bicyclic) bond motifs is 1. The van der Waals surface area contributed by atoms with Gasteiger partial charge >= 0.3 is 0 Å². The quantitative estimate of drug-likeness (QED) is 0.905. The first-order chi connectivity index (χ1) is 8.68. The van der Waals surface area contributed by atoms with E-state index in [1.165, 1.54) is 18.4 Å². The van der Waals surface area contributed by atoms with E-state index >= 15 is 0 Å². The maximum absolute atomic E-state index is 6.31. The van der Waals surface area contributed by atoms with Crippen LogP contribution in [0.3, 0.4) is 0 Å². The number of rotatable bonds is 2. The summed E-state index contributed by atoms with van der Waals surface area (Å²) in [6.07, 6.45) is 4.83. The van der Waals surface area contributed by atoms with Crippen molar-refractivity contribution in [3.8, 4) is 0 Å². The highest BCUT2D eigenvalue weighted by Gasteiger charge is 2.36. The van der Waals surface area contributed by atoms with Gasteiger partial charge in [-0.1, -0.05) is 36.6 Å². The molecule has 0 aliphatic heterocycles. The monoisotopic (exact) mass is 263 g/mol. The molecular weight excluding hydrogens is 246 g/mol. The third kappa shape index (κ3) is 1.57. The molecule has 1 aromatic heterocycles. The predicted octanol–water partition coefficient (Wildman–Crippen LogP) is 3.00. The average Bonchev–Trinajstić information content (AvgIpc) is 2.97. The second kappa shape index (κ2) is 4.25. The SMILES string of the molecule is Cn1nc(Cl)c2c(C3(CN)CCCC3)cccc21. The number of nitrogens with zero attached hydrogens (tertiary/aromatic N) is 2. The van der Waals surface area contributed by atoms with Gasteiger partial charge in [-0.25, -0.2) is 0 Å². The average molecular weight is 264 g/mol. The van der Waals surface area contributed by atoms with E-state index < -0.39 is 0 Å². The van der Waals surface area contributed by atoms with Gasteiger partial charge in [-0.2, -0.15) is 5.10 Å². The molecule has 2 N–H and O–H groups in total. The summed E-state index contributed by atoms with van der Waals surface area (Å²) < 4.78 is 1.85. The second-order valence-electron chi connectivity index (χ2n) is 5.31. The van der Waals surface area contributed by atoms with Crippen molar-refractivity contribution in [2.75, 3.05) is 6.54 Å². The fourth-order valence-corrected chi connectivity index (χ4v) is 3.65. The van der Waals surface area contributed by atoms with E-state index in [-0.39, 0.29) is 5.41 Å². The normalized spacial score (nSPS) is 18.6. The summed E-state index contributed by atoms with van der Waals surface area (Å²) in [5.41, 5.74) is 8.57. The van der Waals surface area contributed by atoms with E-state index in [1.807, 2.05) is 11.7 Å². The fourth-order valence-electron chi connectivity index (χ4n) is 3.34. The van der Waals surface area contributed by atoms with Crippen LogP contribution in [0.25, 0.3) is 10.9 Å². The van der Waals surface area contributed by atoms with Gasteiger partial charge in [-0.15, -0.1) is 0 Å². The summed E-state index contributed by atoms with van der Waals surface area (Å²) in [5, 5.41) is 6.02. The molecular formula is C14H18ClN3. The molecule has 18 heavy (non-hydrogen) atoms. The summed E-state index contributed by atoms with van der Waals surface area (Å²) in [6.45, 7) is 0.692. The van der Waals surface area contributed by atoms with Gasteiger partial charge in [0.25, 0.3) is 0 Å². The Morgan fingerprint density at radius 2 is 2.11 bits per heavy atom. The zero-order valence-corrected chi connectivity index (χ0v) is 11.4. The van der Waals surface area contributed by atoms with Crippen molar-refractivity contribution in [2.45, 2.75) is 31.1 Å². The van der Waals surface area contributed by atoms with Crippen LogP contribution in [0, 0.1) is 0 Å². The van der Waals surface area contributed by atoms with E-state index in [2.05, 4.69) is 23.3 Å². The highest BCUT2D eigenvalue weighted by molar-refractivity contribution is 6.34. The van der Waals surface area contributed by atoms with Crippen LogP contribution in [-0.2, 0) is 12.5 Å². The van der Waals surface area contributed by atoms with Gasteiger partial charge < -0.3 is 5.73 Å². The van der Waals surface area contributed by atoms with E-state index in [0.29, 0.717) is 11.7 Å².